The maximum absolute atomic E-state index is 13.2. The van der Waals surface area contributed by atoms with Gasteiger partial charge < -0.3 is 4.74 Å². The van der Waals surface area contributed by atoms with E-state index in [2.05, 4.69) is 14.7 Å². The topological polar surface area (TPSA) is 130 Å². The van der Waals surface area contributed by atoms with Crippen LogP contribution in [0.15, 0.2) is 87.5 Å². The highest BCUT2D eigenvalue weighted by molar-refractivity contribution is 7.92. The SMILES string of the molecule is COc1ccc(-n2c(-c3cncc(NS(=O)(=O)c4ccccc4)c3)nc3c2c(=O)n(C)c(=O)n3C)cc1. The third-order valence-electron chi connectivity index (χ3n) is 5.89. The van der Waals surface area contributed by atoms with Crippen LogP contribution in [0.25, 0.3) is 28.2 Å². The summed E-state index contributed by atoms with van der Waals surface area (Å²) < 4.78 is 37.4. The van der Waals surface area contributed by atoms with E-state index in [-0.39, 0.29) is 21.7 Å². The number of pyridine rings is 1. The number of nitrogens with one attached hydrogen (secondary N) is 1. The fourth-order valence-electron chi connectivity index (χ4n) is 4.00. The van der Waals surface area contributed by atoms with Crippen LogP contribution in [0.3, 0.4) is 0 Å². The molecule has 0 spiro atoms. The summed E-state index contributed by atoms with van der Waals surface area (Å²) in [4.78, 5) is 34.8. The molecule has 5 aromatic rings. The molecule has 0 saturated carbocycles. The Morgan fingerprint density at radius 3 is 2.30 bits per heavy atom. The van der Waals surface area contributed by atoms with Gasteiger partial charge in [0, 0.05) is 31.5 Å². The molecule has 11 nitrogen and oxygen atoms in total. The fourth-order valence-corrected chi connectivity index (χ4v) is 5.06. The quantitative estimate of drug-likeness (QED) is 0.365. The van der Waals surface area contributed by atoms with E-state index in [9.17, 15) is 18.0 Å². The number of aryl methyl sites for hydroxylation is 1. The van der Waals surface area contributed by atoms with Gasteiger partial charge in [0.05, 0.1) is 23.9 Å². The molecule has 0 unspecified atom stereocenters. The van der Waals surface area contributed by atoms with Crippen molar-refractivity contribution in [1.29, 1.82) is 0 Å². The molecule has 0 fully saturated rings. The number of aromatic nitrogens is 5. The van der Waals surface area contributed by atoms with Crippen LogP contribution in [0.4, 0.5) is 5.69 Å². The van der Waals surface area contributed by atoms with Crippen LogP contribution < -0.4 is 20.7 Å². The first-order valence-corrected chi connectivity index (χ1v) is 12.6. The highest BCUT2D eigenvalue weighted by Gasteiger charge is 2.22. The van der Waals surface area contributed by atoms with Crippen LogP contribution in [-0.2, 0) is 24.1 Å². The minimum Gasteiger partial charge on any atom is -0.497 e. The molecule has 0 aliphatic heterocycles. The van der Waals surface area contributed by atoms with Gasteiger partial charge in [0.25, 0.3) is 15.6 Å². The first kappa shape index (κ1) is 24.0. The predicted octanol–water partition coefficient (Wildman–Crippen LogP) is 2.29. The van der Waals surface area contributed by atoms with E-state index in [1.54, 1.807) is 60.2 Å². The summed E-state index contributed by atoms with van der Waals surface area (Å²) in [7, 11) is 0.615. The van der Waals surface area contributed by atoms with Gasteiger partial charge in [-0.3, -0.25) is 28.2 Å². The molecular weight excluding hydrogens is 496 g/mol. The molecule has 0 aliphatic carbocycles. The number of methoxy groups -OCH3 is 1. The Bertz CT molecular complexity index is 1860. The highest BCUT2D eigenvalue weighted by Crippen LogP contribution is 2.29. The second-order valence-corrected chi connectivity index (χ2v) is 9.91. The van der Waals surface area contributed by atoms with Crippen molar-refractivity contribution in [3.8, 4) is 22.8 Å². The van der Waals surface area contributed by atoms with E-state index in [0.717, 1.165) is 4.57 Å². The molecule has 0 radical (unpaired) electrons. The molecule has 12 heteroatoms. The largest absolute Gasteiger partial charge is 0.497 e. The summed E-state index contributed by atoms with van der Waals surface area (Å²) in [5.74, 6) is 0.917. The molecular formula is C25H22N6O5S. The Kier molecular flexibility index (Phi) is 5.88. The Labute approximate surface area is 211 Å². The van der Waals surface area contributed by atoms with Crippen molar-refractivity contribution in [2.75, 3.05) is 11.8 Å². The number of nitrogens with zero attached hydrogens (tertiary/aromatic N) is 5. The zero-order valence-electron chi connectivity index (χ0n) is 20.1. The van der Waals surface area contributed by atoms with Crippen molar-refractivity contribution in [3.05, 3.63) is 93.9 Å². The van der Waals surface area contributed by atoms with Crippen molar-refractivity contribution in [1.82, 2.24) is 23.7 Å². The van der Waals surface area contributed by atoms with E-state index < -0.39 is 21.3 Å². The molecule has 37 heavy (non-hydrogen) atoms. The summed E-state index contributed by atoms with van der Waals surface area (Å²) in [6.07, 6.45) is 2.88. The van der Waals surface area contributed by atoms with E-state index in [4.69, 9.17) is 4.74 Å². The molecule has 1 N–H and O–H groups in total. The number of fused-ring (bicyclic) bond motifs is 1. The van der Waals surface area contributed by atoms with Crippen LogP contribution >= 0.6 is 0 Å². The van der Waals surface area contributed by atoms with Gasteiger partial charge in [0.2, 0.25) is 0 Å². The minimum absolute atomic E-state index is 0.101. The maximum atomic E-state index is 13.2. The number of hydrogen-bond acceptors (Lipinski definition) is 7. The lowest BCUT2D eigenvalue weighted by molar-refractivity contribution is 0.415. The third kappa shape index (κ3) is 4.16. The van der Waals surface area contributed by atoms with Crippen LogP contribution in [-0.4, -0.2) is 39.2 Å². The van der Waals surface area contributed by atoms with Gasteiger partial charge >= 0.3 is 5.69 Å². The van der Waals surface area contributed by atoms with Gasteiger partial charge in [0.1, 0.15) is 11.6 Å². The van der Waals surface area contributed by atoms with Crippen molar-refractivity contribution < 1.29 is 13.2 Å². The predicted molar refractivity (Wildman–Crippen MR) is 139 cm³/mol. The fraction of sp³-hybridized carbons (Fsp3) is 0.120. The van der Waals surface area contributed by atoms with Gasteiger partial charge in [-0.25, -0.2) is 18.2 Å². The molecule has 0 saturated heterocycles. The second-order valence-electron chi connectivity index (χ2n) is 8.23. The standard InChI is InChI=1S/C25H22N6O5S/c1-29-23-21(24(32)30(2)25(29)33)31(18-9-11-19(36-3)12-10-18)22(27-23)16-13-17(15-26-14-16)28-37(34,35)20-7-5-4-6-8-20/h4-15,28H,1-3H3. The summed E-state index contributed by atoms with van der Waals surface area (Å²) in [5, 5.41) is 0. The van der Waals surface area contributed by atoms with Gasteiger partial charge in [-0.2, -0.15) is 0 Å². The van der Waals surface area contributed by atoms with E-state index in [1.165, 1.54) is 43.2 Å². The Balaban J connectivity index is 1.72. The number of sulfonamides is 1. The smallest absolute Gasteiger partial charge is 0.332 e. The first-order chi connectivity index (χ1) is 17.7. The summed E-state index contributed by atoms with van der Waals surface area (Å²) in [6, 6.07) is 16.5. The monoisotopic (exact) mass is 518 g/mol. The first-order valence-electron chi connectivity index (χ1n) is 11.1. The molecule has 0 atom stereocenters. The number of hydrogen-bond donors (Lipinski definition) is 1. The summed E-state index contributed by atoms with van der Waals surface area (Å²) in [5.41, 5.74) is 0.525. The summed E-state index contributed by atoms with van der Waals surface area (Å²) in [6.45, 7) is 0. The Hall–Kier alpha value is -4.71. The molecule has 2 aromatic carbocycles. The highest BCUT2D eigenvalue weighted by atomic mass is 32.2. The number of rotatable bonds is 6. The molecule has 0 amide bonds. The van der Waals surface area contributed by atoms with E-state index in [1.807, 2.05) is 0 Å². The summed E-state index contributed by atoms with van der Waals surface area (Å²) >= 11 is 0. The Morgan fingerprint density at radius 1 is 0.919 bits per heavy atom. The maximum Gasteiger partial charge on any atom is 0.332 e. The molecule has 0 bridgehead atoms. The lowest BCUT2D eigenvalue weighted by atomic mass is 10.2. The van der Waals surface area contributed by atoms with E-state index in [0.29, 0.717) is 22.8 Å². The van der Waals surface area contributed by atoms with Crippen molar-refractivity contribution in [2.24, 2.45) is 14.1 Å². The average Bonchev–Trinajstić information content (AvgIpc) is 3.32. The number of ether oxygens (including phenoxy) is 1. The van der Waals surface area contributed by atoms with Crippen LogP contribution in [0.5, 0.6) is 5.75 Å². The van der Waals surface area contributed by atoms with Crippen LogP contribution in [0.2, 0.25) is 0 Å². The minimum atomic E-state index is -3.86. The van der Waals surface area contributed by atoms with Gasteiger partial charge in [0.15, 0.2) is 11.2 Å². The number of benzene rings is 2. The molecule has 3 aromatic heterocycles. The number of anilines is 1. The zero-order valence-corrected chi connectivity index (χ0v) is 20.9. The zero-order chi connectivity index (χ0) is 26.3. The lowest BCUT2D eigenvalue weighted by Crippen LogP contribution is -2.37. The molecule has 188 valence electrons. The molecule has 3 heterocycles. The van der Waals surface area contributed by atoms with Crippen molar-refractivity contribution in [3.63, 3.8) is 0 Å². The lowest BCUT2D eigenvalue weighted by Gasteiger charge is -2.12. The van der Waals surface area contributed by atoms with Crippen molar-refractivity contribution >= 4 is 26.9 Å². The van der Waals surface area contributed by atoms with Gasteiger partial charge in [-0.1, -0.05) is 18.2 Å². The normalized spacial score (nSPS) is 11.5. The van der Waals surface area contributed by atoms with Crippen LogP contribution in [0.1, 0.15) is 0 Å². The Morgan fingerprint density at radius 2 is 1.62 bits per heavy atom. The van der Waals surface area contributed by atoms with E-state index >= 15 is 0 Å². The molecule has 0 aliphatic rings. The van der Waals surface area contributed by atoms with Crippen LogP contribution in [0, 0.1) is 0 Å². The van der Waals surface area contributed by atoms with Crippen molar-refractivity contribution in [2.45, 2.75) is 4.90 Å². The molecule has 5 rings (SSSR count). The third-order valence-corrected chi connectivity index (χ3v) is 7.29. The average molecular weight is 519 g/mol. The van der Waals surface area contributed by atoms with Gasteiger partial charge in [-0.15, -0.1) is 0 Å². The number of imidazole rings is 1. The van der Waals surface area contributed by atoms with Gasteiger partial charge in [-0.05, 0) is 42.5 Å². The second kappa shape index (κ2) is 9.06.